The molecule has 15 nitrogen and oxygen atoms in total. The monoisotopic (exact) mass is 853 g/mol. The Hall–Kier alpha value is -5.74. The second kappa shape index (κ2) is 16.2. The Morgan fingerprint density at radius 1 is 0.790 bits per heavy atom. The first-order valence-corrected chi connectivity index (χ1v) is 20.4. The minimum Gasteiger partial charge on any atom is -0.456 e. The lowest BCUT2D eigenvalue weighted by molar-refractivity contribution is -0.383. The van der Waals surface area contributed by atoms with Crippen LogP contribution in [0.1, 0.15) is 86.7 Å². The van der Waals surface area contributed by atoms with Gasteiger partial charge < -0.3 is 44.3 Å². The van der Waals surface area contributed by atoms with Gasteiger partial charge in [0.15, 0.2) is 23.6 Å². The van der Waals surface area contributed by atoms with E-state index in [0.29, 0.717) is 5.56 Å². The van der Waals surface area contributed by atoms with Crippen LogP contribution in [0.3, 0.4) is 0 Å². The Balaban J connectivity index is 1.38. The van der Waals surface area contributed by atoms with Crippen molar-refractivity contribution in [2.24, 2.45) is 16.7 Å². The number of hydrogen-bond acceptors (Lipinski definition) is 14. The number of fused-ring (bicyclic) bond motifs is 5. The molecule has 4 aliphatic rings. The molecule has 2 bridgehead atoms. The van der Waals surface area contributed by atoms with Gasteiger partial charge >= 0.3 is 23.9 Å². The third kappa shape index (κ3) is 7.20. The summed E-state index contributed by atoms with van der Waals surface area (Å²) in [4.78, 5) is 83.3. The molecule has 11 atom stereocenters. The third-order valence-electron chi connectivity index (χ3n) is 13.6. The maximum Gasteiger partial charge on any atom is 0.338 e. The lowest BCUT2D eigenvalue weighted by Gasteiger charge is -2.70. The van der Waals surface area contributed by atoms with Gasteiger partial charge in [-0.05, 0) is 55.3 Å². The quantitative estimate of drug-likeness (QED) is 0.130. The number of nitrogens with one attached hydrogen (secondary N) is 1. The summed E-state index contributed by atoms with van der Waals surface area (Å²) in [5.74, 6) is -6.92. The van der Waals surface area contributed by atoms with Crippen LogP contribution in [-0.4, -0.2) is 105 Å². The number of benzene rings is 3. The lowest BCUT2D eigenvalue weighted by atomic mass is 9.43. The van der Waals surface area contributed by atoms with E-state index in [1.165, 1.54) is 25.1 Å². The zero-order chi connectivity index (χ0) is 45.0. The zero-order valence-corrected chi connectivity index (χ0v) is 35.2. The van der Waals surface area contributed by atoms with Crippen molar-refractivity contribution >= 4 is 35.6 Å². The summed E-state index contributed by atoms with van der Waals surface area (Å²) in [5, 5.41) is 40.2. The van der Waals surface area contributed by atoms with Crippen LogP contribution >= 0.6 is 0 Å². The largest absolute Gasteiger partial charge is 0.456 e. The van der Waals surface area contributed by atoms with Gasteiger partial charge in [-0.1, -0.05) is 80.6 Å². The number of Topliss-reactive ketones (excluding diaryl/α,β-unsaturated/α-hetero) is 1. The molecule has 3 aromatic rings. The second-order valence-corrected chi connectivity index (χ2v) is 17.6. The molecule has 15 heteroatoms. The minimum absolute atomic E-state index is 0.0527. The first-order chi connectivity index (χ1) is 29.2. The molecule has 1 saturated heterocycles. The number of rotatable bonds is 10. The summed E-state index contributed by atoms with van der Waals surface area (Å²) in [7, 11) is 0. The van der Waals surface area contributed by atoms with Crippen molar-refractivity contribution in [1.82, 2.24) is 5.32 Å². The van der Waals surface area contributed by atoms with Gasteiger partial charge in [-0.2, -0.15) is 0 Å². The number of esters is 4. The molecular weight excluding hydrogens is 803 g/mol. The van der Waals surface area contributed by atoms with Crippen molar-refractivity contribution in [3.63, 3.8) is 0 Å². The van der Waals surface area contributed by atoms with Crippen LogP contribution in [0.25, 0.3) is 0 Å². The molecule has 0 radical (unpaired) electrons. The first kappa shape index (κ1) is 44.3. The summed E-state index contributed by atoms with van der Waals surface area (Å²) in [6.45, 7) is 7.96. The van der Waals surface area contributed by atoms with E-state index in [2.05, 4.69) is 5.32 Å². The number of carbonyl (C=O) groups excluding carboxylic acids is 6. The van der Waals surface area contributed by atoms with Crippen molar-refractivity contribution in [2.75, 3.05) is 6.61 Å². The van der Waals surface area contributed by atoms with Gasteiger partial charge in [-0.25, -0.2) is 9.59 Å². The summed E-state index contributed by atoms with van der Waals surface area (Å²) in [6, 6.07) is 22.9. The van der Waals surface area contributed by atoms with Crippen LogP contribution in [0.15, 0.2) is 103 Å². The number of carbonyl (C=O) groups is 6. The highest BCUT2D eigenvalue weighted by molar-refractivity contribution is 5.96. The molecule has 0 spiro atoms. The molecular formula is C47H51NO14. The second-order valence-electron chi connectivity index (χ2n) is 17.6. The summed E-state index contributed by atoms with van der Waals surface area (Å²) in [6.07, 6.45) is -8.26. The number of hydrogen-bond donors (Lipinski definition) is 4. The Bertz CT molecular complexity index is 2280. The molecule has 1 heterocycles. The van der Waals surface area contributed by atoms with Crippen LogP contribution in [0.5, 0.6) is 0 Å². The summed E-state index contributed by atoms with van der Waals surface area (Å²) in [5.41, 5.74) is -8.81. The van der Waals surface area contributed by atoms with E-state index in [4.69, 9.17) is 23.7 Å². The van der Waals surface area contributed by atoms with Crippen LogP contribution in [0.2, 0.25) is 0 Å². The molecule has 4 N–H and O–H groups in total. The molecule has 7 rings (SSSR count). The standard InChI is InChI=1S/C47H51NO14/c1-26(49)59-36-32-22-31(60-42(56)35(52)34(28-16-10-7-11-17-28)48-40(54)29-18-12-8-13-19-29)23-46(57,43(32,3)4)39(61-41(55)30-20-14-9-15-21-30)37-45(6,38(36)53)33(51)24-44(5)47(37,25-58-44)62-27(2)50/h7-22,31,33-37,39,51-52,57H,23-25H2,1-6H3,(H,48,54)/t31-,33+,34+,35-,36-,37+,39+,44-,45-,46-,47-/m1/s1. The lowest BCUT2D eigenvalue weighted by Crippen LogP contribution is -2.85. The molecule has 328 valence electrons. The van der Waals surface area contributed by atoms with E-state index in [1.54, 1.807) is 99.6 Å². The maximum absolute atomic E-state index is 15.4. The van der Waals surface area contributed by atoms with Gasteiger partial charge in [0.25, 0.3) is 5.91 Å². The predicted molar refractivity (Wildman–Crippen MR) is 218 cm³/mol. The zero-order valence-electron chi connectivity index (χ0n) is 35.2. The van der Waals surface area contributed by atoms with Crippen LogP contribution in [-0.2, 0) is 42.9 Å². The Morgan fingerprint density at radius 3 is 1.92 bits per heavy atom. The van der Waals surface area contributed by atoms with Crippen LogP contribution in [0, 0.1) is 16.7 Å². The average molecular weight is 854 g/mol. The molecule has 1 aliphatic heterocycles. The van der Waals surface area contributed by atoms with Crippen molar-refractivity contribution in [3.05, 3.63) is 119 Å². The van der Waals surface area contributed by atoms with Gasteiger partial charge in [-0.15, -0.1) is 0 Å². The highest BCUT2D eigenvalue weighted by Crippen LogP contribution is 2.66. The van der Waals surface area contributed by atoms with Crippen molar-refractivity contribution < 1.29 is 67.8 Å². The van der Waals surface area contributed by atoms with E-state index in [0.717, 1.165) is 13.8 Å². The maximum atomic E-state index is 15.4. The topological polar surface area (TPSA) is 221 Å². The minimum atomic E-state index is -2.40. The molecule has 0 aromatic heterocycles. The van der Waals surface area contributed by atoms with Crippen LogP contribution < -0.4 is 5.32 Å². The third-order valence-corrected chi connectivity index (χ3v) is 13.6. The van der Waals surface area contributed by atoms with Gasteiger partial charge in [0.05, 0.1) is 35.6 Å². The van der Waals surface area contributed by atoms with Crippen molar-refractivity contribution in [2.45, 2.75) is 108 Å². The molecule has 2 saturated carbocycles. The number of aliphatic hydroxyl groups is 3. The highest BCUT2D eigenvalue weighted by atomic mass is 16.6. The highest BCUT2D eigenvalue weighted by Gasteiger charge is 2.81. The first-order valence-electron chi connectivity index (χ1n) is 20.4. The van der Waals surface area contributed by atoms with Gasteiger partial charge in [-0.3, -0.25) is 19.2 Å². The molecule has 1 amide bonds. The number of amides is 1. The number of ketones is 1. The molecule has 3 fully saturated rings. The fourth-order valence-electron chi connectivity index (χ4n) is 10.0. The van der Waals surface area contributed by atoms with E-state index in [1.807, 2.05) is 0 Å². The fourth-order valence-corrected chi connectivity index (χ4v) is 10.0. The molecule has 0 unspecified atom stereocenters. The Labute approximate surface area is 358 Å². The fraction of sp³-hybridized carbons (Fsp3) is 0.447. The number of aliphatic hydroxyl groups excluding tert-OH is 2. The van der Waals surface area contributed by atoms with Gasteiger partial charge in [0, 0.05) is 37.7 Å². The average Bonchev–Trinajstić information content (AvgIpc) is 3.24. The van der Waals surface area contributed by atoms with E-state index in [-0.39, 0.29) is 29.7 Å². The summed E-state index contributed by atoms with van der Waals surface area (Å²) < 4.78 is 30.4. The van der Waals surface area contributed by atoms with Gasteiger partial charge in [0.1, 0.15) is 23.4 Å². The Morgan fingerprint density at radius 2 is 1.37 bits per heavy atom. The van der Waals surface area contributed by atoms with Crippen molar-refractivity contribution in [1.29, 1.82) is 0 Å². The Kier molecular flexibility index (Phi) is 11.6. The van der Waals surface area contributed by atoms with Crippen LogP contribution in [0.4, 0.5) is 0 Å². The molecule has 3 aliphatic carbocycles. The van der Waals surface area contributed by atoms with E-state index < -0.39 is 112 Å². The molecule has 3 aromatic carbocycles. The SMILES string of the molecule is CC(=O)O[C@H]1C(=O)[C@]2(C)[C@@H](O)C[C@@]3(C)OC[C@@]3(OC(C)=O)[C@H]2[C@H](OC(=O)c2ccccc2)[C@]2(O)C[C@H](OC(=O)[C@H](O)[C@@H](NC(=O)c3ccccc3)c3ccccc3)C=C1C2(C)C. The van der Waals surface area contributed by atoms with Crippen molar-refractivity contribution in [3.8, 4) is 0 Å². The normalized spacial score (nSPS) is 32.9. The molecule has 62 heavy (non-hydrogen) atoms. The number of ether oxygens (including phenoxy) is 5. The van der Waals surface area contributed by atoms with E-state index >= 15 is 4.79 Å². The summed E-state index contributed by atoms with van der Waals surface area (Å²) >= 11 is 0. The van der Waals surface area contributed by atoms with E-state index in [9.17, 15) is 39.3 Å². The van der Waals surface area contributed by atoms with Gasteiger partial charge in [0.2, 0.25) is 0 Å². The predicted octanol–water partition coefficient (Wildman–Crippen LogP) is 3.74. The smallest absolute Gasteiger partial charge is 0.338 e.